The van der Waals surface area contributed by atoms with Gasteiger partial charge in [-0.1, -0.05) is 28.1 Å². The average Bonchev–Trinajstić information content (AvgIpc) is 2.59. The monoisotopic (exact) mass is 392 g/mol. The Morgan fingerprint density at radius 2 is 1.75 bits per heavy atom. The molecule has 2 rings (SSSR count). The largest absolute Gasteiger partial charge is 0.493 e. The SMILES string of the molecule is COc1ccc(CNC(=O)C(=O)Nc2cccc(Br)c2)cc1OC. The van der Waals surface area contributed by atoms with E-state index in [0.717, 1.165) is 10.0 Å². The summed E-state index contributed by atoms with van der Waals surface area (Å²) in [4.78, 5) is 23.8. The van der Waals surface area contributed by atoms with E-state index in [0.29, 0.717) is 17.2 Å². The minimum absolute atomic E-state index is 0.199. The van der Waals surface area contributed by atoms with Gasteiger partial charge in [0.1, 0.15) is 0 Å². The van der Waals surface area contributed by atoms with E-state index in [1.54, 1.807) is 43.5 Å². The Morgan fingerprint density at radius 1 is 1.00 bits per heavy atom. The average molecular weight is 393 g/mol. The van der Waals surface area contributed by atoms with Crippen LogP contribution in [0.15, 0.2) is 46.9 Å². The van der Waals surface area contributed by atoms with Crippen molar-refractivity contribution in [1.82, 2.24) is 5.32 Å². The number of rotatable bonds is 5. The molecule has 0 fully saturated rings. The molecule has 0 heterocycles. The van der Waals surface area contributed by atoms with E-state index in [1.165, 1.54) is 7.11 Å². The van der Waals surface area contributed by atoms with Crippen molar-refractivity contribution in [2.24, 2.45) is 0 Å². The van der Waals surface area contributed by atoms with Crippen LogP contribution in [0.4, 0.5) is 5.69 Å². The molecule has 0 aliphatic rings. The highest BCUT2D eigenvalue weighted by molar-refractivity contribution is 9.10. The molecule has 0 spiro atoms. The van der Waals surface area contributed by atoms with E-state index in [9.17, 15) is 9.59 Å². The highest BCUT2D eigenvalue weighted by Gasteiger charge is 2.14. The predicted octanol–water partition coefficient (Wildman–Crippen LogP) is 2.72. The first-order valence-corrected chi connectivity index (χ1v) is 7.88. The maximum atomic E-state index is 11.9. The molecule has 0 saturated carbocycles. The lowest BCUT2D eigenvalue weighted by Crippen LogP contribution is -2.34. The van der Waals surface area contributed by atoms with Gasteiger partial charge in [-0.3, -0.25) is 9.59 Å². The Balaban J connectivity index is 1.94. The second-order valence-electron chi connectivity index (χ2n) is 4.84. The topological polar surface area (TPSA) is 76.7 Å². The second-order valence-corrected chi connectivity index (χ2v) is 5.75. The number of anilines is 1. The third-order valence-electron chi connectivity index (χ3n) is 3.19. The zero-order valence-electron chi connectivity index (χ0n) is 13.3. The van der Waals surface area contributed by atoms with Crippen LogP contribution in [0.2, 0.25) is 0 Å². The Morgan fingerprint density at radius 3 is 2.42 bits per heavy atom. The number of amides is 2. The highest BCUT2D eigenvalue weighted by atomic mass is 79.9. The lowest BCUT2D eigenvalue weighted by molar-refractivity contribution is -0.136. The number of carbonyl (C=O) groups excluding carboxylic acids is 2. The summed E-state index contributed by atoms with van der Waals surface area (Å²) in [5.74, 6) is -0.291. The van der Waals surface area contributed by atoms with Crippen molar-refractivity contribution in [2.75, 3.05) is 19.5 Å². The summed E-state index contributed by atoms with van der Waals surface area (Å²) in [5, 5.41) is 5.10. The summed E-state index contributed by atoms with van der Waals surface area (Å²) in [5.41, 5.74) is 1.33. The molecule has 0 unspecified atom stereocenters. The van der Waals surface area contributed by atoms with Gasteiger partial charge < -0.3 is 20.1 Å². The van der Waals surface area contributed by atoms with Crippen LogP contribution in [-0.4, -0.2) is 26.0 Å². The molecule has 6 nitrogen and oxygen atoms in total. The van der Waals surface area contributed by atoms with Crippen LogP contribution in [0.3, 0.4) is 0 Å². The summed E-state index contributed by atoms with van der Waals surface area (Å²) in [7, 11) is 3.08. The predicted molar refractivity (Wildman–Crippen MR) is 94.2 cm³/mol. The number of hydrogen-bond acceptors (Lipinski definition) is 4. The summed E-state index contributed by atoms with van der Waals surface area (Å²) in [6.07, 6.45) is 0. The molecule has 126 valence electrons. The van der Waals surface area contributed by atoms with Crippen LogP contribution in [-0.2, 0) is 16.1 Å². The molecule has 24 heavy (non-hydrogen) atoms. The summed E-state index contributed by atoms with van der Waals surface area (Å²) in [6, 6.07) is 12.3. The summed E-state index contributed by atoms with van der Waals surface area (Å²) >= 11 is 3.30. The van der Waals surface area contributed by atoms with Gasteiger partial charge in [0, 0.05) is 16.7 Å². The van der Waals surface area contributed by atoms with Crippen LogP contribution >= 0.6 is 15.9 Å². The van der Waals surface area contributed by atoms with Gasteiger partial charge in [-0.15, -0.1) is 0 Å². The van der Waals surface area contributed by atoms with Gasteiger partial charge in [-0.05, 0) is 35.9 Å². The van der Waals surface area contributed by atoms with Crippen molar-refractivity contribution in [3.05, 3.63) is 52.5 Å². The fourth-order valence-corrected chi connectivity index (χ4v) is 2.41. The smallest absolute Gasteiger partial charge is 0.313 e. The molecule has 0 aliphatic heterocycles. The second kappa shape index (κ2) is 8.35. The van der Waals surface area contributed by atoms with Gasteiger partial charge >= 0.3 is 11.8 Å². The van der Waals surface area contributed by atoms with Gasteiger partial charge in [0.25, 0.3) is 0 Å². The first kappa shape index (κ1) is 17.8. The molecule has 2 aromatic carbocycles. The fraction of sp³-hybridized carbons (Fsp3) is 0.176. The van der Waals surface area contributed by atoms with Gasteiger partial charge in [0.15, 0.2) is 11.5 Å². The van der Waals surface area contributed by atoms with Gasteiger partial charge in [-0.2, -0.15) is 0 Å². The van der Waals surface area contributed by atoms with Crippen molar-refractivity contribution in [3.8, 4) is 11.5 Å². The third kappa shape index (κ3) is 4.73. The van der Waals surface area contributed by atoms with E-state index in [4.69, 9.17) is 9.47 Å². The Bertz CT molecular complexity index is 749. The van der Waals surface area contributed by atoms with E-state index in [1.807, 2.05) is 6.07 Å². The van der Waals surface area contributed by atoms with E-state index in [2.05, 4.69) is 26.6 Å². The van der Waals surface area contributed by atoms with E-state index < -0.39 is 11.8 Å². The Kier molecular flexibility index (Phi) is 6.20. The molecular formula is C17H17BrN2O4. The zero-order valence-corrected chi connectivity index (χ0v) is 14.8. The van der Waals surface area contributed by atoms with Crippen LogP contribution in [0.1, 0.15) is 5.56 Å². The van der Waals surface area contributed by atoms with Gasteiger partial charge in [-0.25, -0.2) is 0 Å². The van der Waals surface area contributed by atoms with Crippen molar-refractivity contribution >= 4 is 33.4 Å². The standard InChI is InChI=1S/C17H17BrN2O4/c1-23-14-7-6-11(8-15(14)24-2)10-19-16(21)17(22)20-13-5-3-4-12(18)9-13/h3-9H,10H2,1-2H3,(H,19,21)(H,20,22). The maximum Gasteiger partial charge on any atom is 0.313 e. The third-order valence-corrected chi connectivity index (χ3v) is 3.68. The normalized spacial score (nSPS) is 9.96. The fourth-order valence-electron chi connectivity index (χ4n) is 2.01. The molecule has 2 N–H and O–H groups in total. The number of ether oxygens (including phenoxy) is 2. The van der Waals surface area contributed by atoms with Crippen molar-refractivity contribution < 1.29 is 19.1 Å². The number of carbonyl (C=O) groups is 2. The number of halogens is 1. The van der Waals surface area contributed by atoms with Gasteiger partial charge in [0.05, 0.1) is 14.2 Å². The van der Waals surface area contributed by atoms with Crippen molar-refractivity contribution in [3.63, 3.8) is 0 Å². The molecule has 0 saturated heterocycles. The first-order chi connectivity index (χ1) is 11.5. The summed E-state index contributed by atoms with van der Waals surface area (Å²) in [6.45, 7) is 0.199. The molecule has 2 aromatic rings. The molecule has 0 aliphatic carbocycles. The lowest BCUT2D eigenvalue weighted by atomic mass is 10.2. The van der Waals surface area contributed by atoms with E-state index in [-0.39, 0.29) is 6.54 Å². The lowest BCUT2D eigenvalue weighted by Gasteiger charge is -2.10. The molecule has 0 atom stereocenters. The summed E-state index contributed by atoms with van der Waals surface area (Å²) < 4.78 is 11.2. The Hall–Kier alpha value is -2.54. The van der Waals surface area contributed by atoms with Crippen molar-refractivity contribution in [2.45, 2.75) is 6.54 Å². The first-order valence-electron chi connectivity index (χ1n) is 7.09. The number of nitrogens with one attached hydrogen (secondary N) is 2. The Labute approximate surface area is 148 Å². The zero-order chi connectivity index (χ0) is 17.5. The molecule has 0 bridgehead atoms. The van der Waals surface area contributed by atoms with Gasteiger partial charge in [0.2, 0.25) is 0 Å². The van der Waals surface area contributed by atoms with Crippen LogP contribution < -0.4 is 20.1 Å². The minimum Gasteiger partial charge on any atom is -0.493 e. The molecular weight excluding hydrogens is 376 g/mol. The number of benzene rings is 2. The molecule has 0 aromatic heterocycles. The molecule has 2 amide bonds. The van der Waals surface area contributed by atoms with Crippen LogP contribution in [0.25, 0.3) is 0 Å². The molecule has 7 heteroatoms. The number of methoxy groups -OCH3 is 2. The maximum absolute atomic E-state index is 11.9. The van der Waals surface area contributed by atoms with Crippen LogP contribution in [0, 0.1) is 0 Å². The van der Waals surface area contributed by atoms with Crippen LogP contribution in [0.5, 0.6) is 11.5 Å². The van der Waals surface area contributed by atoms with E-state index >= 15 is 0 Å². The molecule has 0 radical (unpaired) electrons. The quantitative estimate of drug-likeness (QED) is 0.766. The van der Waals surface area contributed by atoms with Crippen molar-refractivity contribution in [1.29, 1.82) is 0 Å². The highest BCUT2D eigenvalue weighted by Crippen LogP contribution is 2.27. The minimum atomic E-state index is -0.728. The number of hydrogen-bond donors (Lipinski definition) is 2.